The SMILES string of the molecule is C=C[C@@H]1C[C@@]1(NC(=O)[C@@H]1C[C@@H](Oc2cc(-c3ccccc3)nc3cc(OC)ccc23)CN1C(=O)[C@@H](Nc1cc(F)cc(C(F)(F)F)c1)C(C)(C)C)C(=O)NS(=O)(=O)C1(C)CC1. The van der Waals surface area contributed by atoms with Crippen molar-refractivity contribution in [2.45, 2.75) is 88.0 Å². The van der Waals surface area contributed by atoms with Crippen LogP contribution in [0.15, 0.2) is 85.5 Å². The van der Waals surface area contributed by atoms with Gasteiger partial charge in [0.15, 0.2) is 0 Å². The summed E-state index contributed by atoms with van der Waals surface area (Å²) in [5, 5.41) is 6.15. The number of nitrogens with zero attached hydrogens (tertiary/aromatic N) is 2. The van der Waals surface area contributed by atoms with Gasteiger partial charge in [-0.15, -0.1) is 6.58 Å². The predicted molar refractivity (Wildman–Crippen MR) is 220 cm³/mol. The van der Waals surface area contributed by atoms with Crippen LogP contribution in [0.3, 0.4) is 0 Å². The van der Waals surface area contributed by atoms with Crippen molar-refractivity contribution in [3.8, 4) is 22.8 Å². The van der Waals surface area contributed by atoms with Gasteiger partial charge in [0.1, 0.15) is 41.0 Å². The van der Waals surface area contributed by atoms with E-state index in [4.69, 9.17) is 14.5 Å². The number of pyridine rings is 1. The molecule has 12 nitrogen and oxygen atoms in total. The lowest BCUT2D eigenvalue weighted by Gasteiger charge is -2.36. The van der Waals surface area contributed by atoms with Crippen molar-refractivity contribution < 1.29 is 49.8 Å². The summed E-state index contributed by atoms with van der Waals surface area (Å²) >= 11 is 0. The summed E-state index contributed by atoms with van der Waals surface area (Å²) in [6, 6.07) is 15.6. The molecule has 0 unspecified atom stereocenters. The second kappa shape index (κ2) is 15.6. The van der Waals surface area contributed by atoms with E-state index in [1.807, 2.05) is 30.3 Å². The predicted octanol–water partition coefficient (Wildman–Crippen LogP) is 7.00. The number of carbonyl (C=O) groups is 3. The Labute approximate surface area is 351 Å². The summed E-state index contributed by atoms with van der Waals surface area (Å²) in [5.74, 6) is -3.34. The molecule has 7 rings (SSSR count). The topological polar surface area (TPSA) is 156 Å². The molecule has 2 saturated carbocycles. The molecule has 4 aromatic rings. The fourth-order valence-corrected chi connectivity index (χ4v) is 8.96. The quantitative estimate of drug-likeness (QED) is 0.0952. The molecule has 2 aliphatic carbocycles. The lowest BCUT2D eigenvalue weighted by atomic mass is 9.85. The molecule has 324 valence electrons. The number of carbonyl (C=O) groups excluding carboxylic acids is 3. The maximum Gasteiger partial charge on any atom is 0.416 e. The zero-order chi connectivity index (χ0) is 44.3. The van der Waals surface area contributed by atoms with Crippen LogP contribution in [-0.2, 0) is 30.6 Å². The first-order chi connectivity index (χ1) is 28.6. The maximum atomic E-state index is 14.9. The fourth-order valence-electron chi connectivity index (χ4n) is 7.65. The highest BCUT2D eigenvalue weighted by atomic mass is 32.2. The lowest BCUT2D eigenvalue weighted by molar-refractivity contribution is -0.141. The van der Waals surface area contributed by atoms with Crippen molar-refractivity contribution in [3.63, 3.8) is 0 Å². The van der Waals surface area contributed by atoms with Gasteiger partial charge >= 0.3 is 6.18 Å². The number of aromatic nitrogens is 1. The summed E-state index contributed by atoms with van der Waals surface area (Å²) in [6.07, 6.45) is -3.64. The van der Waals surface area contributed by atoms with E-state index in [9.17, 15) is 40.4 Å². The molecule has 5 atom stereocenters. The molecule has 3 aliphatic rings. The average Bonchev–Trinajstić information content (AvgIpc) is 4.09. The molecule has 3 N–H and O–H groups in total. The van der Waals surface area contributed by atoms with E-state index in [1.165, 1.54) is 25.0 Å². The number of anilines is 1. The van der Waals surface area contributed by atoms with Gasteiger partial charge in [-0.2, -0.15) is 13.2 Å². The third-order valence-electron chi connectivity index (χ3n) is 11.7. The zero-order valence-corrected chi connectivity index (χ0v) is 35.0. The van der Waals surface area contributed by atoms with Crippen molar-refractivity contribution in [1.82, 2.24) is 19.9 Å². The van der Waals surface area contributed by atoms with E-state index in [0.29, 0.717) is 53.1 Å². The Balaban J connectivity index is 1.25. The number of amides is 3. The molecule has 61 heavy (non-hydrogen) atoms. The average molecular weight is 866 g/mol. The summed E-state index contributed by atoms with van der Waals surface area (Å²) < 4.78 is 95.2. The van der Waals surface area contributed by atoms with Gasteiger partial charge in [0.2, 0.25) is 21.8 Å². The number of sulfonamides is 1. The Morgan fingerprint density at radius 3 is 2.33 bits per heavy atom. The van der Waals surface area contributed by atoms with E-state index in [1.54, 1.807) is 45.0 Å². The lowest BCUT2D eigenvalue weighted by Crippen LogP contribution is -2.59. The Hall–Kier alpha value is -5.71. The van der Waals surface area contributed by atoms with Crippen LogP contribution < -0.4 is 24.8 Å². The van der Waals surface area contributed by atoms with Crippen LogP contribution in [0.25, 0.3) is 22.2 Å². The minimum atomic E-state index is -4.88. The number of hydrogen-bond donors (Lipinski definition) is 3. The highest BCUT2D eigenvalue weighted by molar-refractivity contribution is 7.91. The number of benzene rings is 3. The second-order valence-electron chi connectivity index (χ2n) is 17.3. The molecule has 3 aromatic carbocycles. The van der Waals surface area contributed by atoms with Crippen LogP contribution in [0.1, 0.15) is 58.9 Å². The molecule has 3 amide bonds. The Morgan fingerprint density at radius 2 is 1.72 bits per heavy atom. The van der Waals surface area contributed by atoms with Gasteiger partial charge in [0, 0.05) is 41.1 Å². The molecule has 1 aromatic heterocycles. The number of alkyl halides is 3. The number of ether oxygens (including phenoxy) is 2. The van der Waals surface area contributed by atoms with E-state index in [-0.39, 0.29) is 25.1 Å². The highest BCUT2D eigenvalue weighted by Crippen LogP contribution is 2.47. The smallest absolute Gasteiger partial charge is 0.416 e. The third kappa shape index (κ3) is 8.74. The monoisotopic (exact) mass is 865 g/mol. The first-order valence-electron chi connectivity index (χ1n) is 19.7. The van der Waals surface area contributed by atoms with Gasteiger partial charge in [-0.3, -0.25) is 19.1 Å². The first kappa shape index (κ1) is 43.4. The van der Waals surface area contributed by atoms with Crippen LogP contribution in [0, 0.1) is 17.2 Å². The minimum Gasteiger partial charge on any atom is -0.497 e. The number of rotatable bonds is 13. The van der Waals surface area contributed by atoms with Crippen molar-refractivity contribution in [2.75, 3.05) is 19.0 Å². The molecule has 0 spiro atoms. The van der Waals surface area contributed by atoms with Gasteiger partial charge in [0.25, 0.3) is 5.91 Å². The van der Waals surface area contributed by atoms with Gasteiger partial charge in [0.05, 0.1) is 35.2 Å². The summed E-state index contributed by atoms with van der Waals surface area (Å²) in [5.41, 5.74) is -2.40. The zero-order valence-electron chi connectivity index (χ0n) is 34.2. The Kier molecular flexibility index (Phi) is 11.1. The van der Waals surface area contributed by atoms with Crippen LogP contribution in [0.5, 0.6) is 11.5 Å². The second-order valence-corrected chi connectivity index (χ2v) is 19.5. The van der Waals surface area contributed by atoms with E-state index >= 15 is 0 Å². The van der Waals surface area contributed by atoms with E-state index in [2.05, 4.69) is 21.9 Å². The third-order valence-corrected chi connectivity index (χ3v) is 13.9. The molecule has 0 bridgehead atoms. The molecular formula is C44H47F4N5O7S. The van der Waals surface area contributed by atoms with Crippen LogP contribution in [-0.4, -0.2) is 78.2 Å². The first-order valence-corrected chi connectivity index (χ1v) is 21.2. The van der Waals surface area contributed by atoms with Crippen molar-refractivity contribution in [3.05, 3.63) is 96.8 Å². The van der Waals surface area contributed by atoms with Crippen LogP contribution in [0.2, 0.25) is 0 Å². The molecule has 2 heterocycles. The van der Waals surface area contributed by atoms with E-state index in [0.717, 1.165) is 11.6 Å². The van der Waals surface area contributed by atoms with Crippen molar-refractivity contribution >= 4 is 44.3 Å². The van der Waals surface area contributed by atoms with Gasteiger partial charge < -0.3 is 25.0 Å². The molecule has 1 saturated heterocycles. The Morgan fingerprint density at radius 1 is 1.02 bits per heavy atom. The largest absolute Gasteiger partial charge is 0.497 e. The minimum absolute atomic E-state index is 0.0446. The van der Waals surface area contributed by atoms with Gasteiger partial charge in [-0.05, 0) is 61.9 Å². The highest BCUT2D eigenvalue weighted by Gasteiger charge is 2.63. The molecule has 3 fully saturated rings. The number of hydrogen-bond acceptors (Lipinski definition) is 9. The summed E-state index contributed by atoms with van der Waals surface area (Å²) in [6.45, 7) is 10.1. The molecule has 0 radical (unpaired) electrons. The number of fused-ring (bicyclic) bond motifs is 1. The number of halogens is 4. The van der Waals surface area contributed by atoms with Gasteiger partial charge in [-0.1, -0.05) is 57.2 Å². The van der Waals surface area contributed by atoms with Crippen LogP contribution >= 0.6 is 0 Å². The van der Waals surface area contributed by atoms with E-state index < -0.39 is 85.1 Å². The van der Waals surface area contributed by atoms with Crippen LogP contribution in [0.4, 0.5) is 23.2 Å². The molecule has 17 heteroatoms. The molecule has 1 aliphatic heterocycles. The standard InChI is InChI=1S/C44H47F4N5O7S/c1-7-26-23-43(26,40(56)52-61(57,58)42(5)15-16-42)51-38(54)35-21-31(60-36-22-33(25-11-9-8-10-12-25)50-34-20-30(59-6)13-14-32(34)36)24-53(35)39(55)37(41(2,3)4)49-29-18-27(44(46,47)48)17-28(45)19-29/h7-14,17-20,22,26,31,35,37,49H,1,15-16,21,23-24H2,2-6H3,(H,51,54)(H,52,56)/t26-,31-,35+,37-,43+/m1/s1. The summed E-state index contributed by atoms with van der Waals surface area (Å²) in [7, 11) is -2.57. The fraction of sp³-hybridized carbons (Fsp3) is 0.409. The van der Waals surface area contributed by atoms with Crippen molar-refractivity contribution in [1.29, 1.82) is 0 Å². The Bertz CT molecular complexity index is 2510. The van der Waals surface area contributed by atoms with Crippen molar-refractivity contribution in [2.24, 2.45) is 11.3 Å². The maximum absolute atomic E-state index is 14.9. The molecular weight excluding hydrogens is 819 g/mol. The van der Waals surface area contributed by atoms with Gasteiger partial charge in [-0.25, -0.2) is 17.8 Å². The number of methoxy groups -OCH3 is 1. The number of likely N-dealkylation sites (tertiary alicyclic amines) is 1. The summed E-state index contributed by atoms with van der Waals surface area (Å²) in [4.78, 5) is 49.2. The normalized spacial score (nSPS) is 22.5. The number of nitrogens with one attached hydrogen (secondary N) is 3.